The van der Waals surface area contributed by atoms with Crippen molar-refractivity contribution >= 4 is 11.3 Å². The molecule has 0 aliphatic rings. The van der Waals surface area contributed by atoms with Crippen LogP contribution in [0.25, 0.3) is 0 Å². The van der Waals surface area contributed by atoms with Crippen molar-refractivity contribution in [3.05, 3.63) is 52.5 Å². The predicted octanol–water partition coefficient (Wildman–Crippen LogP) is 3.04. The number of aromatic nitrogens is 1. The van der Waals surface area contributed by atoms with E-state index in [0.717, 1.165) is 12.8 Å². The first-order valence-electron chi connectivity index (χ1n) is 5.49. The molecule has 0 spiro atoms. The van der Waals surface area contributed by atoms with Crippen molar-refractivity contribution < 1.29 is 0 Å². The van der Waals surface area contributed by atoms with Gasteiger partial charge in [0.2, 0.25) is 0 Å². The third-order valence-corrected chi connectivity index (χ3v) is 3.63. The van der Waals surface area contributed by atoms with Crippen LogP contribution in [-0.2, 0) is 6.42 Å². The molecule has 0 aliphatic carbocycles. The van der Waals surface area contributed by atoms with Crippen molar-refractivity contribution in [1.82, 2.24) is 10.3 Å². The lowest BCUT2D eigenvalue weighted by atomic mass is 10.0. The Morgan fingerprint density at radius 2 is 2.31 bits per heavy atom. The Morgan fingerprint density at radius 1 is 1.38 bits per heavy atom. The second-order valence-electron chi connectivity index (χ2n) is 3.75. The number of nitrogens with zero attached hydrogens (tertiary/aromatic N) is 1. The van der Waals surface area contributed by atoms with Crippen LogP contribution in [0.3, 0.4) is 0 Å². The van der Waals surface area contributed by atoms with E-state index in [1.54, 1.807) is 0 Å². The number of hydrogen-bond acceptors (Lipinski definition) is 3. The normalized spacial score (nSPS) is 12.6. The summed E-state index contributed by atoms with van der Waals surface area (Å²) in [4.78, 5) is 5.61. The molecule has 0 saturated heterocycles. The first-order chi connectivity index (χ1) is 7.90. The van der Waals surface area contributed by atoms with Crippen LogP contribution in [0.4, 0.5) is 0 Å². The van der Waals surface area contributed by atoms with Gasteiger partial charge < -0.3 is 5.32 Å². The van der Waals surface area contributed by atoms with Gasteiger partial charge in [-0.3, -0.25) is 4.98 Å². The van der Waals surface area contributed by atoms with Gasteiger partial charge in [-0.05, 0) is 43.0 Å². The molecule has 16 heavy (non-hydrogen) atoms. The summed E-state index contributed by atoms with van der Waals surface area (Å²) in [5.74, 6) is 0. The third kappa shape index (κ3) is 2.90. The monoisotopic (exact) mass is 232 g/mol. The van der Waals surface area contributed by atoms with Crippen LogP contribution in [0.1, 0.15) is 22.9 Å². The molecule has 2 aromatic heterocycles. The van der Waals surface area contributed by atoms with Crippen LogP contribution in [0.5, 0.6) is 0 Å². The molecular formula is C13H16N2S. The number of aryl methyl sites for hydroxylation is 1. The Bertz CT molecular complexity index is 397. The highest BCUT2D eigenvalue weighted by Crippen LogP contribution is 2.19. The molecule has 1 atom stereocenters. The summed E-state index contributed by atoms with van der Waals surface area (Å²) in [5.41, 5.74) is 1.27. The van der Waals surface area contributed by atoms with Gasteiger partial charge in [0.1, 0.15) is 0 Å². The fraction of sp³-hybridized carbons (Fsp3) is 0.308. The van der Waals surface area contributed by atoms with Crippen LogP contribution in [-0.4, -0.2) is 12.0 Å². The molecule has 1 unspecified atom stereocenters. The Balaban J connectivity index is 1.96. The molecule has 0 bridgehead atoms. The highest BCUT2D eigenvalue weighted by molar-refractivity contribution is 7.09. The zero-order chi connectivity index (χ0) is 11.2. The zero-order valence-corrected chi connectivity index (χ0v) is 10.2. The van der Waals surface area contributed by atoms with Gasteiger partial charge in [-0.25, -0.2) is 0 Å². The van der Waals surface area contributed by atoms with Crippen molar-refractivity contribution in [2.24, 2.45) is 0 Å². The van der Waals surface area contributed by atoms with Crippen molar-refractivity contribution in [1.29, 1.82) is 0 Å². The molecule has 2 nitrogen and oxygen atoms in total. The summed E-state index contributed by atoms with van der Waals surface area (Å²) in [6.07, 6.45) is 5.99. The number of thiophene rings is 1. The molecular weight excluding hydrogens is 216 g/mol. The smallest absolute Gasteiger partial charge is 0.0336 e. The number of pyridine rings is 1. The second-order valence-corrected chi connectivity index (χ2v) is 4.78. The molecule has 84 valence electrons. The van der Waals surface area contributed by atoms with Crippen LogP contribution in [0.15, 0.2) is 42.0 Å². The first-order valence-corrected chi connectivity index (χ1v) is 6.37. The van der Waals surface area contributed by atoms with Gasteiger partial charge in [0.25, 0.3) is 0 Å². The number of nitrogens with one attached hydrogen (secondary N) is 1. The molecule has 0 fully saturated rings. The lowest BCUT2D eigenvalue weighted by Crippen LogP contribution is -2.17. The van der Waals surface area contributed by atoms with Crippen molar-refractivity contribution in [3.63, 3.8) is 0 Å². The van der Waals surface area contributed by atoms with E-state index >= 15 is 0 Å². The van der Waals surface area contributed by atoms with Crippen molar-refractivity contribution in [2.45, 2.75) is 18.9 Å². The van der Waals surface area contributed by atoms with Gasteiger partial charge in [0, 0.05) is 23.3 Å². The molecule has 2 heterocycles. The lowest BCUT2D eigenvalue weighted by Gasteiger charge is -2.15. The Hall–Kier alpha value is -1.19. The van der Waals surface area contributed by atoms with E-state index in [1.165, 1.54) is 10.4 Å². The summed E-state index contributed by atoms with van der Waals surface area (Å²) < 4.78 is 0. The minimum atomic E-state index is 0.399. The summed E-state index contributed by atoms with van der Waals surface area (Å²) in [6, 6.07) is 8.82. The minimum Gasteiger partial charge on any atom is -0.313 e. The van der Waals surface area contributed by atoms with Crippen molar-refractivity contribution in [3.8, 4) is 0 Å². The second kappa shape index (κ2) is 5.77. The summed E-state index contributed by atoms with van der Waals surface area (Å²) in [7, 11) is 2.01. The van der Waals surface area contributed by atoms with E-state index in [2.05, 4.69) is 33.9 Å². The molecule has 2 aromatic rings. The third-order valence-electron chi connectivity index (χ3n) is 2.69. The van der Waals surface area contributed by atoms with Gasteiger partial charge in [0.05, 0.1) is 0 Å². The lowest BCUT2D eigenvalue weighted by molar-refractivity contribution is 0.550. The van der Waals surface area contributed by atoms with Gasteiger partial charge in [-0.2, -0.15) is 0 Å². The first kappa shape index (κ1) is 11.3. The molecule has 3 heteroatoms. The summed E-state index contributed by atoms with van der Waals surface area (Å²) >= 11 is 1.83. The number of hydrogen-bond donors (Lipinski definition) is 1. The van der Waals surface area contributed by atoms with Crippen LogP contribution in [0.2, 0.25) is 0 Å². The summed E-state index contributed by atoms with van der Waals surface area (Å²) in [5, 5.41) is 5.48. The maximum absolute atomic E-state index is 4.16. The van der Waals surface area contributed by atoms with Gasteiger partial charge in [-0.15, -0.1) is 11.3 Å². The molecule has 2 rings (SSSR count). The van der Waals surface area contributed by atoms with Crippen LogP contribution < -0.4 is 5.32 Å². The molecule has 1 N–H and O–H groups in total. The van der Waals surface area contributed by atoms with E-state index < -0.39 is 0 Å². The van der Waals surface area contributed by atoms with Gasteiger partial charge >= 0.3 is 0 Å². The van der Waals surface area contributed by atoms with E-state index in [0.29, 0.717) is 6.04 Å². The van der Waals surface area contributed by atoms with E-state index in [1.807, 2.05) is 36.8 Å². The largest absolute Gasteiger partial charge is 0.313 e. The highest BCUT2D eigenvalue weighted by Gasteiger charge is 2.09. The summed E-state index contributed by atoms with van der Waals surface area (Å²) in [6.45, 7) is 0. The zero-order valence-electron chi connectivity index (χ0n) is 9.39. The average Bonchev–Trinajstić information content (AvgIpc) is 2.84. The SMILES string of the molecule is CNC(CCc1cccs1)c1cccnc1. The molecule has 0 amide bonds. The van der Waals surface area contributed by atoms with E-state index in [4.69, 9.17) is 0 Å². The van der Waals surface area contributed by atoms with Crippen molar-refractivity contribution in [2.75, 3.05) is 7.05 Å². The maximum Gasteiger partial charge on any atom is 0.0336 e. The van der Waals surface area contributed by atoms with Crippen LogP contribution in [0, 0.1) is 0 Å². The quantitative estimate of drug-likeness (QED) is 0.857. The maximum atomic E-state index is 4.16. The predicted molar refractivity (Wildman–Crippen MR) is 68.7 cm³/mol. The average molecular weight is 232 g/mol. The highest BCUT2D eigenvalue weighted by atomic mass is 32.1. The van der Waals surface area contributed by atoms with Gasteiger partial charge in [-0.1, -0.05) is 12.1 Å². The fourth-order valence-corrected chi connectivity index (χ4v) is 2.53. The van der Waals surface area contributed by atoms with Gasteiger partial charge in [0.15, 0.2) is 0 Å². The van der Waals surface area contributed by atoms with E-state index in [-0.39, 0.29) is 0 Å². The molecule has 0 radical (unpaired) electrons. The topological polar surface area (TPSA) is 24.9 Å². The number of rotatable bonds is 5. The molecule has 0 aromatic carbocycles. The molecule has 0 saturated carbocycles. The van der Waals surface area contributed by atoms with Crippen LogP contribution >= 0.6 is 11.3 Å². The molecule has 0 aliphatic heterocycles. The van der Waals surface area contributed by atoms with E-state index in [9.17, 15) is 0 Å². The standard InChI is InChI=1S/C13H16N2S/c1-14-13(11-4-2-8-15-10-11)7-6-12-5-3-9-16-12/h2-5,8-10,13-14H,6-7H2,1H3. The Labute approximate surface area is 100 Å². The Kier molecular flexibility index (Phi) is 4.08. The Morgan fingerprint density at radius 3 is 2.94 bits per heavy atom. The fourth-order valence-electron chi connectivity index (χ4n) is 1.80. The minimum absolute atomic E-state index is 0.399.